The number of rotatable bonds is 3. The molecule has 6 rings (SSSR count). The zero-order chi connectivity index (χ0) is 18.6. The molecule has 1 spiro atoms. The van der Waals surface area contributed by atoms with Crippen molar-refractivity contribution in [1.29, 1.82) is 0 Å². The van der Waals surface area contributed by atoms with Crippen LogP contribution in [-0.4, -0.2) is 50.6 Å². The van der Waals surface area contributed by atoms with Gasteiger partial charge in [0.2, 0.25) is 0 Å². The maximum absolute atomic E-state index is 4.59. The minimum atomic E-state index is 0.318. The number of aromatic nitrogens is 5. The molecule has 2 N–H and O–H groups in total. The van der Waals surface area contributed by atoms with E-state index in [1.807, 2.05) is 17.9 Å². The Kier molecular flexibility index (Phi) is 3.51. The molecule has 0 amide bonds. The van der Waals surface area contributed by atoms with Gasteiger partial charge in [-0.1, -0.05) is 12.1 Å². The zero-order valence-electron chi connectivity index (χ0n) is 15.2. The van der Waals surface area contributed by atoms with Gasteiger partial charge in [0.25, 0.3) is 0 Å². The zero-order valence-corrected chi connectivity index (χ0v) is 16.0. The second-order valence-electron chi connectivity index (χ2n) is 7.58. The fourth-order valence-electron chi connectivity index (χ4n) is 4.32. The van der Waals surface area contributed by atoms with Crippen molar-refractivity contribution in [2.45, 2.75) is 18.4 Å². The Morgan fingerprint density at radius 3 is 2.71 bits per heavy atom. The molecule has 1 unspecified atom stereocenters. The highest BCUT2D eigenvalue weighted by Gasteiger charge is 2.42. The number of aromatic amines is 1. The van der Waals surface area contributed by atoms with Gasteiger partial charge >= 0.3 is 0 Å². The fourth-order valence-corrected chi connectivity index (χ4v) is 5.15. The smallest absolute Gasteiger partial charge is 0.151 e. The summed E-state index contributed by atoms with van der Waals surface area (Å²) in [6.07, 6.45) is 6.17. The maximum Gasteiger partial charge on any atom is 0.151 e. The minimum absolute atomic E-state index is 0.318. The molecule has 7 nitrogen and oxygen atoms in total. The number of hydrogen-bond acceptors (Lipinski definition) is 7. The molecule has 2 aliphatic rings. The van der Waals surface area contributed by atoms with Crippen LogP contribution in [0.3, 0.4) is 0 Å². The highest BCUT2D eigenvalue weighted by Crippen LogP contribution is 2.37. The quantitative estimate of drug-likeness (QED) is 0.560. The Labute approximate surface area is 165 Å². The van der Waals surface area contributed by atoms with Crippen molar-refractivity contribution in [2.24, 2.45) is 0 Å². The average molecular weight is 389 g/mol. The van der Waals surface area contributed by atoms with Crippen molar-refractivity contribution in [1.82, 2.24) is 30.7 Å². The largest absolute Gasteiger partial charge is 0.353 e. The van der Waals surface area contributed by atoms with Crippen molar-refractivity contribution in [3.63, 3.8) is 0 Å². The third-order valence-electron chi connectivity index (χ3n) is 6.00. The third-order valence-corrected chi connectivity index (χ3v) is 6.86. The van der Waals surface area contributed by atoms with E-state index in [4.69, 9.17) is 0 Å². The number of nitrogens with one attached hydrogen (secondary N) is 2. The summed E-state index contributed by atoms with van der Waals surface area (Å²) in [5.74, 6) is 0.963. The second kappa shape index (κ2) is 6.08. The van der Waals surface area contributed by atoms with Crippen molar-refractivity contribution in [3.8, 4) is 22.4 Å². The fraction of sp³-hybridized carbons (Fsp3) is 0.300. The van der Waals surface area contributed by atoms with Gasteiger partial charge in [0, 0.05) is 41.5 Å². The normalized spacial score (nSPS) is 21.5. The van der Waals surface area contributed by atoms with Gasteiger partial charge in [0.1, 0.15) is 0 Å². The lowest BCUT2D eigenvalue weighted by Crippen LogP contribution is -2.58. The van der Waals surface area contributed by atoms with Crippen LogP contribution in [0.2, 0.25) is 0 Å². The molecule has 4 aromatic rings. The molecule has 0 aliphatic carbocycles. The molecular weight excluding hydrogens is 370 g/mol. The summed E-state index contributed by atoms with van der Waals surface area (Å²) in [7, 11) is 0. The number of H-pyrrole nitrogens is 1. The molecule has 140 valence electrons. The van der Waals surface area contributed by atoms with Crippen LogP contribution in [-0.2, 0) is 0 Å². The molecule has 0 bridgehead atoms. The molecule has 2 fully saturated rings. The first-order valence-corrected chi connectivity index (χ1v) is 10.4. The number of fused-ring (bicyclic) bond motifs is 1. The summed E-state index contributed by atoms with van der Waals surface area (Å²) in [6, 6.07) is 8.37. The molecule has 3 aromatic heterocycles. The first kappa shape index (κ1) is 16.1. The van der Waals surface area contributed by atoms with Crippen molar-refractivity contribution >= 4 is 27.4 Å². The Morgan fingerprint density at radius 2 is 2.00 bits per heavy atom. The molecular formula is C20H19N7S. The molecule has 1 atom stereocenters. The van der Waals surface area contributed by atoms with Gasteiger partial charge in [-0.2, -0.15) is 5.10 Å². The van der Waals surface area contributed by atoms with E-state index in [0.29, 0.717) is 5.54 Å². The van der Waals surface area contributed by atoms with Crippen LogP contribution in [0.5, 0.6) is 0 Å². The first-order chi connectivity index (χ1) is 13.8. The predicted octanol–water partition coefficient (Wildman–Crippen LogP) is 3.09. The highest BCUT2D eigenvalue weighted by atomic mass is 32.1. The van der Waals surface area contributed by atoms with E-state index in [-0.39, 0.29) is 0 Å². The monoisotopic (exact) mass is 389 g/mol. The van der Waals surface area contributed by atoms with E-state index in [9.17, 15) is 0 Å². The van der Waals surface area contributed by atoms with Gasteiger partial charge < -0.3 is 10.2 Å². The van der Waals surface area contributed by atoms with E-state index in [2.05, 4.69) is 59.9 Å². The lowest BCUT2D eigenvalue weighted by molar-refractivity contribution is 0.235. The summed E-state index contributed by atoms with van der Waals surface area (Å²) < 4.78 is 1.12. The summed E-state index contributed by atoms with van der Waals surface area (Å²) in [5.41, 5.74) is 7.25. The maximum atomic E-state index is 4.59. The molecule has 28 heavy (non-hydrogen) atoms. The van der Waals surface area contributed by atoms with E-state index in [1.54, 1.807) is 11.3 Å². The lowest BCUT2D eigenvalue weighted by Gasteiger charge is -2.39. The first-order valence-electron chi connectivity index (χ1n) is 9.51. The predicted molar refractivity (Wildman–Crippen MR) is 110 cm³/mol. The summed E-state index contributed by atoms with van der Waals surface area (Å²) in [5, 5.41) is 19.6. The molecule has 8 heteroatoms. The molecule has 5 heterocycles. The third kappa shape index (κ3) is 2.45. The van der Waals surface area contributed by atoms with Gasteiger partial charge in [-0.3, -0.25) is 5.10 Å². The Balaban J connectivity index is 1.34. The summed E-state index contributed by atoms with van der Waals surface area (Å²) >= 11 is 1.63. The summed E-state index contributed by atoms with van der Waals surface area (Å²) in [6.45, 7) is 3.21. The van der Waals surface area contributed by atoms with Crippen molar-refractivity contribution in [2.75, 3.05) is 24.5 Å². The highest BCUT2D eigenvalue weighted by molar-refractivity contribution is 7.17. The Bertz CT molecular complexity index is 1130. The molecule has 2 saturated heterocycles. The van der Waals surface area contributed by atoms with Gasteiger partial charge in [0.15, 0.2) is 5.82 Å². The number of anilines is 1. The van der Waals surface area contributed by atoms with Crippen LogP contribution in [0.25, 0.3) is 32.6 Å². The van der Waals surface area contributed by atoms with Crippen LogP contribution < -0.4 is 10.2 Å². The van der Waals surface area contributed by atoms with E-state index in [1.165, 1.54) is 12.8 Å². The molecule has 0 saturated carbocycles. The van der Waals surface area contributed by atoms with E-state index < -0.39 is 0 Å². The number of benzene rings is 1. The minimum Gasteiger partial charge on any atom is -0.353 e. The van der Waals surface area contributed by atoms with Crippen LogP contribution in [0.1, 0.15) is 12.8 Å². The van der Waals surface area contributed by atoms with Crippen LogP contribution in [0.4, 0.5) is 5.82 Å². The van der Waals surface area contributed by atoms with Gasteiger partial charge in [-0.25, -0.2) is 4.98 Å². The topological polar surface area (TPSA) is 82.6 Å². The standard InChI is InChI=1S/C20H19N7S/c1-2-15(19-18(21-12-28-19)14(1)13-9-23-24-10-13)16-3-4-17(26-25-16)27-8-6-20(11-27)5-7-22-20/h1-4,9-10,12,22H,5-8,11H2,(H,23,24). The van der Waals surface area contributed by atoms with E-state index in [0.717, 1.165) is 58.1 Å². The average Bonchev–Trinajstić information content (AvgIpc) is 3.47. The molecule has 1 aromatic carbocycles. The van der Waals surface area contributed by atoms with E-state index >= 15 is 0 Å². The molecule has 2 aliphatic heterocycles. The second-order valence-corrected chi connectivity index (χ2v) is 8.44. The van der Waals surface area contributed by atoms with Gasteiger partial charge in [-0.05, 0) is 31.5 Å². The van der Waals surface area contributed by atoms with Crippen LogP contribution in [0, 0.1) is 0 Å². The Hall–Kier alpha value is -2.84. The van der Waals surface area contributed by atoms with Crippen molar-refractivity contribution in [3.05, 3.63) is 42.2 Å². The van der Waals surface area contributed by atoms with Crippen LogP contribution >= 0.6 is 11.3 Å². The SMILES string of the molecule is c1nc2c(-c3cn[nH]c3)ccc(-c3ccc(N4CCC5(CCN5)C4)nn3)c2s1. The van der Waals surface area contributed by atoms with Gasteiger partial charge in [-0.15, -0.1) is 21.5 Å². The van der Waals surface area contributed by atoms with Gasteiger partial charge in [0.05, 0.1) is 27.6 Å². The number of hydrogen-bond donors (Lipinski definition) is 2. The van der Waals surface area contributed by atoms with Crippen LogP contribution in [0.15, 0.2) is 42.2 Å². The Morgan fingerprint density at radius 1 is 1.07 bits per heavy atom. The number of thiazole rings is 1. The lowest BCUT2D eigenvalue weighted by atomic mass is 9.87. The molecule has 0 radical (unpaired) electrons. The summed E-state index contributed by atoms with van der Waals surface area (Å²) in [4.78, 5) is 6.93. The van der Waals surface area contributed by atoms with Crippen molar-refractivity contribution < 1.29 is 0 Å². The number of nitrogens with zero attached hydrogens (tertiary/aromatic N) is 5.